The minimum atomic E-state index is 0.00119. The Morgan fingerprint density at radius 3 is 2.76 bits per heavy atom. The van der Waals surface area contributed by atoms with Crippen LogP contribution >= 0.6 is 0 Å². The van der Waals surface area contributed by atoms with E-state index in [0.29, 0.717) is 30.3 Å². The summed E-state index contributed by atoms with van der Waals surface area (Å²) in [5, 5.41) is 4.31. The summed E-state index contributed by atoms with van der Waals surface area (Å²) in [7, 11) is 1.62. The summed E-state index contributed by atoms with van der Waals surface area (Å²) in [6.45, 7) is 1.43. The van der Waals surface area contributed by atoms with Crippen molar-refractivity contribution in [2.24, 2.45) is 0 Å². The zero-order valence-electron chi connectivity index (χ0n) is 13.9. The molecule has 0 N–H and O–H groups in total. The number of carbonyl (C=O) groups is 1. The molecular weight excluding hydrogens is 316 g/mol. The first kappa shape index (κ1) is 15.4. The second-order valence-electron chi connectivity index (χ2n) is 6.04. The first-order chi connectivity index (χ1) is 12.3. The molecule has 2 aromatic heterocycles. The number of methoxy groups -OCH3 is 1. The number of amides is 1. The monoisotopic (exact) mass is 334 g/mol. The number of nitrogens with zero attached hydrogens (tertiary/aromatic N) is 4. The number of aromatic nitrogens is 3. The zero-order chi connectivity index (χ0) is 17.2. The predicted octanol–water partition coefficient (Wildman–Crippen LogP) is 2.52. The quantitative estimate of drug-likeness (QED) is 0.735. The summed E-state index contributed by atoms with van der Waals surface area (Å²) in [5.41, 5.74) is 2.56. The molecular formula is C19H18N4O2. The van der Waals surface area contributed by atoms with Gasteiger partial charge < -0.3 is 9.64 Å². The lowest BCUT2D eigenvalue weighted by molar-refractivity contribution is 0.0602. The van der Waals surface area contributed by atoms with Crippen LogP contribution in [0.15, 0.2) is 61.2 Å². The first-order valence-electron chi connectivity index (χ1n) is 8.13. The lowest BCUT2D eigenvalue weighted by Gasteiger charge is -2.39. The molecule has 0 unspecified atom stereocenters. The van der Waals surface area contributed by atoms with Gasteiger partial charge in [0, 0.05) is 37.6 Å². The number of carbonyl (C=O) groups excluding carboxylic acids is 1. The van der Waals surface area contributed by atoms with E-state index in [1.807, 2.05) is 41.4 Å². The molecule has 1 aromatic carbocycles. The van der Waals surface area contributed by atoms with Crippen LogP contribution in [-0.4, -0.2) is 45.8 Å². The van der Waals surface area contributed by atoms with Crippen molar-refractivity contribution in [2.45, 2.75) is 5.92 Å². The Kier molecular flexibility index (Phi) is 3.93. The standard InChI is InChI=1S/C19H18N4O2/c1-25-18-7-3-2-6-17(18)23-13-15(10-21-23)19(24)22-11-16(12-22)14-5-4-8-20-9-14/h2-10,13,16H,11-12H2,1H3. The molecule has 0 aliphatic carbocycles. The third-order valence-electron chi connectivity index (χ3n) is 4.49. The molecule has 0 atom stereocenters. The highest BCUT2D eigenvalue weighted by Crippen LogP contribution is 2.28. The number of likely N-dealkylation sites (tertiary alicyclic amines) is 1. The summed E-state index contributed by atoms with van der Waals surface area (Å²) < 4.78 is 7.02. The number of pyridine rings is 1. The molecule has 1 saturated heterocycles. The molecule has 25 heavy (non-hydrogen) atoms. The van der Waals surface area contributed by atoms with E-state index in [9.17, 15) is 4.79 Å². The Labute approximate surface area is 145 Å². The lowest BCUT2D eigenvalue weighted by Crippen LogP contribution is -2.48. The van der Waals surface area contributed by atoms with Gasteiger partial charge in [0.05, 0.1) is 18.9 Å². The van der Waals surface area contributed by atoms with Crippen LogP contribution in [-0.2, 0) is 0 Å². The molecule has 3 aromatic rings. The largest absolute Gasteiger partial charge is 0.494 e. The third-order valence-corrected chi connectivity index (χ3v) is 4.49. The topological polar surface area (TPSA) is 60.2 Å². The van der Waals surface area contributed by atoms with Crippen LogP contribution in [0.2, 0.25) is 0 Å². The molecule has 4 rings (SSSR count). The molecule has 0 spiro atoms. The maximum absolute atomic E-state index is 12.6. The molecule has 0 saturated carbocycles. The minimum Gasteiger partial charge on any atom is -0.494 e. The summed E-state index contributed by atoms with van der Waals surface area (Å²) in [5.74, 6) is 1.08. The minimum absolute atomic E-state index is 0.00119. The second kappa shape index (κ2) is 6.39. The van der Waals surface area contributed by atoms with E-state index in [1.165, 1.54) is 5.56 Å². The maximum Gasteiger partial charge on any atom is 0.257 e. The van der Waals surface area contributed by atoms with Crippen molar-refractivity contribution in [3.05, 3.63) is 72.3 Å². The molecule has 3 heterocycles. The summed E-state index contributed by atoms with van der Waals surface area (Å²) >= 11 is 0. The van der Waals surface area contributed by atoms with Crippen LogP contribution in [0, 0.1) is 0 Å². The molecule has 0 radical (unpaired) electrons. The lowest BCUT2D eigenvalue weighted by atomic mass is 9.92. The van der Waals surface area contributed by atoms with Gasteiger partial charge >= 0.3 is 0 Å². The zero-order valence-corrected chi connectivity index (χ0v) is 13.9. The Bertz CT molecular complexity index is 885. The van der Waals surface area contributed by atoms with E-state index in [4.69, 9.17) is 4.74 Å². The number of hydrogen-bond acceptors (Lipinski definition) is 4. The van der Waals surface area contributed by atoms with E-state index in [2.05, 4.69) is 16.1 Å². The van der Waals surface area contributed by atoms with Gasteiger partial charge in [-0.15, -0.1) is 0 Å². The highest BCUT2D eigenvalue weighted by atomic mass is 16.5. The molecule has 1 fully saturated rings. The smallest absolute Gasteiger partial charge is 0.257 e. The van der Waals surface area contributed by atoms with Crippen LogP contribution in [0.3, 0.4) is 0 Å². The summed E-state index contributed by atoms with van der Waals surface area (Å²) in [4.78, 5) is 18.6. The van der Waals surface area contributed by atoms with E-state index in [-0.39, 0.29) is 5.91 Å². The van der Waals surface area contributed by atoms with Crippen LogP contribution in [0.25, 0.3) is 5.69 Å². The van der Waals surface area contributed by atoms with Gasteiger partial charge in [-0.05, 0) is 23.8 Å². The van der Waals surface area contributed by atoms with Crippen molar-refractivity contribution in [2.75, 3.05) is 20.2 Å². The fourth-order valence-corrected chi connectivity index (χ4v) is 3.04. The van der Waals surface area contributed by atoms with Gasteiger partial charge in [0.25, 0.3) is 5.91 Å². The van der Waals surface area contributed by atoms with Crippen LogP contribution < -0.4 is 4.74 Å². The van der Waals surface area contributed by atoms with Gasteiger partial charge in [-0.2, -0.15) is 5.10 Å². The van der Waals surface area contributed by atoms with Gasteiger partial charge in [-0.3, -0.25) is 9.78 Å². The van der Waals surface area contributed by atoms with Gasteiger partial charge in [0.15, 0.2) is 0 Å². The summed E-state index contributed by atoms with van der Waals surface area (Å²) in [6.07, 6.45) is 6.98. The van der Waals surface area contributed by atoms with Crippen molar-refractivity contribution in [1.29, 1.82) is 0 Å². The predicted molar refractivity (Wildman–Crippen MR) is 93.0 cm³/mol. The average Bonchev–Trinajstić information content (AvgIpc) is 3.11. The molecule has 126 valence electrons. The summed E-state index contributed by atoms with van der Waals surface area (Å²) in [6, 6.07) is 11.6. The molecule has 1 aliphatic heterocycles. The SMILES string of the molecule is COc1ccccc1-n1cc(C(=O)N2CC(c3cccnc3)C2)cn1. The van der Waals surface area contributed by atoms with Crippen molar-refractivity contribution < 1.29 is 9.53 Å². The van der Waals surface area contributed by atoms with E-state index in [0.717, 1.165) is 5.69 Å². The number of para-hydroxylation sites is 2. The van der Waals surface area contributed by atoms with E-state index in [1.54, 1.807) is 30.4 Å². The van der Waals surface area contributed by atoms with E-state index < -0.39 is 0 Å². The Morgan fingerprint density at radius 1 is 1.16 bits per heavy atom. The van der Waals surface area contributed by atoms with Crippen LogP contribution in [0.1, 0.15) is 21.8 Å². The molecule has 1 amide bonds. The number of ether oxygens (including phenoxy) is 1. The van der Waals surface area contributed by atoms with Crippen LogP contribution in [0.5, 0.6) is 5.75 Å². The third kappa shape index (κ3) is 2.87. The molecule has 6 heteroatoms. The highest BCUT2D eigenvalue weighted by Gasteiger charge is 2.32. The van der Waals surface area contributed by atoms with Crippen LogP contribution in [0.4, 0.5) is 0 Å². The molecule has 1 aliphatic rings. The van der Waals surface area contributed by atoms with Gasteiger partial charge in [-0.1, -0.05) is 18.2 Å². The van der Waals surface area contributed by atoms with Crippen molar-refractivity contribution in [1.82, 2.24) is 19.7 Å². The average molecular weight is 334 g/mol. The Morgan fingerprint density at radius 2 is 2.00 bits per heavy atom. The normalized spacial score (nSPS) is 14.2. The van der Waals surface area contributed by atoms with Crippen molar-refractivity contribution in [3.63, 3.8) is 0 Å². The maximum atomic E-state index is 12.6. The number of hydrogen-bond donors (Lipinski definition) is 0. The highest BCUT2D eigenvalue weighted by molar-refractivity contribution is 5.94. The fraction of sp³-hybridized carbons (Fsp3) is 0.211. The van der Waals surface area contributed by atoms with Gasteiger partial charge in [0.1, 0.15) is 11.4 Å². The number of benzene rings is 1. The van der Waals surface area contributed by atoms with Gasteiger partial charge in [-0.25, -0.2) is 4.68 Å². The molecule has 0 bridgehead atoms. The van der Waals surface area contributed by atoms with Crippen molar-refractivity contribution in [3.8, 4) is 11.4 Å². The van der Waals surface area contributed by atoms with Crippen molar-refractivity contribution >= 4 is 5.91 Å². The Balaban J connectivity index is 1.47. The first-order valence-corrected chi connectivity index (χ1v) is 8.13. The van der Waals surface area contributed by atoms with E-state index >= 15 is 0 Å². The van der Waals surface area contributed by atoms with Gasteiger partial charge in [0.2, 0.25) is 0 Å². The second-order valence-corrected chi connectivity index (χ2v) is 6.04. The Hall–Kier alpha value is -3.15. The number of rotatable bonds is 4. The fourth-order valence-electron chi connectivity index (χ4n) is 3.04. The molecule has 6 nitrogen and oxygen atoms in total.